The molecule has 1 atom stereocenters. The number of rotatable bonds is 5. The minimum atomic E-state index is -0.0745. The van der Waals surface area contributed by atoms with Crippen molar-refractivity contribution in [3.63, 3.8) is 0 Å². The molecule has 2 aromatic rings. The lowest BCUT2D eigenvalue weighted by Gasteiger charge is -2.26. The number of nitrogens with zero attached hydrogens (tertiary/aromatic N) is 1. The van der Waals surface area contributed by atoms with Gasteiger partial charge < -0.3 is 10.2 Å². The maximum Gasteiger partial charge on any atom is 0.251 e. The molecule has 4 heteroatoms. The molecule has 0 saturated heterocycles. The average molecular weight is 303 g/mol. The largest absolute Gasteiger partial charge is 0.350 e. The van der Waals surface area contributed by atoms with Crippen LogP contribution >= 0.6 is 11.6 Å². The summed E-state index contributed by atoms with van der Waals surface area (Å²) in [6.07, 6.45) is 0. The summed E-state index contributed by atoms with van der Waals surface area (Å²) in [5.74, 6) is -0.0745. The Hall–Kier alpha value is -1.84. The fraction of sp³-hybridized carbons (Fsp3) is 0.235. The number of carbonyl (C=O) groups excluding carboxylic acids is 1. The van der Waals surface area contributed by atoms with E-state index in [4.69, 9.17) is 11.6 Å². The van der Waals surface area contributed by atoms with E-state index in [0.717, 1.165) is 5.56 Å². The minimum absolute atomic E-state index is 0.0337. The Labute approximate surface area is 130 Å². The highest BCUT2D eigenvalue weighted by molar-refractivity contribution is 6.31. The fourth-order valence-corrected chi connectivity index (χ4v) is 2.46. The van der Waals surface area contributed by atoms with Crippen molar-refractivity contribution < 1.29 is 4.79 Å². The van der Waals surface area contributed by atoms with E-state index in [-0.39, 0.29) is 11.9 Å². The molecular formula is C17H19ClN2O. The van der Waals surface area contributed by atoms with Gasteiger partial charge in [0.1, 0.15) is 0 Å². The van der Waals surface area contributed by atoms with Gasteiger partial charge in [-0.05, 0) is 37.9 Å². The Morgan fingerprint density at radius 3 is 2.33 bits per heavy atom. The quantitative estimate of drug-likeness (QED) is 0.918. The maximum absolute atomic E-state index is 12.1. The molecule has 1 unspecified atom stereocenters. The summed E-state index contributed by atoms with van der Waals surface area (Å²) in [4.78, 5) is 14.2. The standard InChI is InChI=1S/C17H19ClN2O/c1-20(2)16(14-10-6-7-11-15(14)18)12-19-17(21)13-8-4-3-5-9-13/h3-11,16H,12H2,1-2H3,(H,19,21). The number of hydrogen-bond donors (Lipinski definition) is 1. The Morgan fingerprint density at radius 2 is 1.71 bits per heavy atom. The van der Waals surface area contributed by atoms with Crippen LogP contribution in [0.1, 0.15) is 22.0 Å². The Kier molecular flexibility index (Phi) is 5.37. The van der Waals surface area contributed by atoms with Crippen LogP contribution in [0.4, 0.5) is 0 Å². The van der Waals surface area contributed by atoms with E-state index in [1.165, 1.54) is 0 Å². The number of nitrogens with one attached hydrogen (secondary N) is 1. The zero-order valence-electron chi connectivity index (χ0n) is 12.2. The van der Waals surface area contributed by atoms with Crippen molar-refractivity contribution in [1.29, 1.82) is 0 Å². The van der Waals surface area contributed by atoms with Gasteiger partial charge in [-0.3, -0.25) is 4.79 Å². The van der Waals surface area contributed by atoms with E-state index in [1.807, 2.05) is 61.5 Å². The summed E-state index contributed by atoms with van der Waals surface area (Å²) in [5.41, 5.74) is 1.67. The van der Waals surface area contributed by atoms with Crippen LogP contribution in [0.2, 0.25) is 5.02 Å². The Morgan fingerprint density at radius 1 is 1.10 bits per heavy atom. The lowest BCUT2D eigenvalue weighted by molar-refractivity contribution is 0.0942. The second-order valence-electron chi connectivity index (χ2n) is 5.08. The van der Waals surface area contributed by atoms with Gasteiger partial charge >= 0.3 is 0 Å². The lowest BCUT2D eigenvalue weighted by Crippen LogP contribution is -2.34. The first-order valence-corrected chi connectivity index (χ1v) is 7.21. The molecule has 0 radical (unpaired) electrons. The molecule has 2 aromatic carbocycles. The summed E-state index contributed by atoms with van der Waals surface area (Å²) in [6, 6.07) is 16.9. The van der Waals surface area contributed by atoms with Crippen molar-refractivity contribution in [3.8, 4) is 0 Å². The van der Waals surface area contributed by atoms with Crippen molar-refractivity contribution in [2.45, 2.75) is 6.04 Å². The Bertz CT molecular complexity index is 599. The molecule has 0 spiro atoms. The first-order valence-electron chi connectivity index (χ1n) is 6.83. The number of amides is 1. The molecule has 110 valence electrons. The number of halogens is 1. The van der Waals surface area contributed by atoms with Gasteiger partial charge in [-0.25, -0.2) is 0 Å². The molecule has 0 saturated carbocycles. The molecule has 0 aliphatic carbocycles. The molecule has 0 aliphatic rings. The minimum Gasteiger partial charge on any atom is -0.350 e. The predicted octanol–water partition coefficient (Wildman–Crippen LogP) is 3.37. The zero-order valence-corrected chi connectivity index (χ0v) is 13.0. The van der Waals surface area contributed by atoms with Crippen LogP contribution in [-0.4, -0.2) is 31.4 Å². The van der Waals surface area contributed by atoms with Gasteiger partial charge in [0.2, 0.25) is 0 Å². The number of hydrogen-bond acceptors (Lipinski definition) is 2. The van der Waals surface area contributed by atoms with Crippen molar-refractivity contribution in [2.75, 3.05) is 20.6 Å². The molecule has 0 heterocycles. The van der Waals surface area contributed by atoms with E-state index in [0.29, 0.717) is 17.1 Å². The summed E-state index contributed by atoms with van der Waals surface area (Å²) in [6.45, 7) is 0.504. The van der Waals surface area contributed by atoms with Crippen LogP contribution in [0.3, 0.4) is 0 Å². The smallest absolute Gasteiger partial charge is 0.251 e. The van der Waals surface area contributed by atoms with Gasteiger partial charge in [0, 0.05) is 17.1 Å². The van der Waals surface area contributed by atoms with Gasteiger partial charge in [0.15, 0.2) is 0 Å². The summed E-state index contributed by atoms with van der Waals surface area (Å²) in [7, 11) is 3.95. The third-order valence-electron chi connectivity index (χ3n) is 3.38. The van der Waals surface area contributed by atoms with Crippen LogP contribution < -0.4 is 5.32 Å². The molecule has 1 N–H and O–H groups in total. The predicted molar refractivity (Wildman–Crippen MR) is 86.7 cm³/mol. The van der Waals surface area contributed by atoms with Crippen LogP contribution in [-0.2, 0) is 0 Å². The molecule has 2 rings (SSSR count). The molecular weight excluding hydrogens is 284 g/mol. The van der Waals surface area contributed by atoms with Gasteiger partial charge in [0.05, 0.1) is 6.04 Å². The SMILES string of the molecule is CN(C)C(CNC(=O)c1ccccc1)c1ccccc1Cl. The van der Waals surface area contributed by atoms with Crippen LogP contribution in [0.25, 0.3) is 0 Å². The van der Waals surface area contributed by atoms with E-state index in [9.17, 15) is 4.79 Å². The number of carbonyl (C=O) groups is 1. The van der Waals surface area contributed by atoms with E-state index < -0.39 is 0 Å². The van der Waals surface area contributed by atoms with E-state index >= 15 is 0 Å². The Balaban J connectivity index is 2.08. The maximum atomic E-state index is 12.1. The first kappa shape index (κ1) is 15.5. The highest BCUT2D eigenvalue weighted by Gasteiger charge is 2.18. The van der Waals surface area contributed by atoms with Crippen molar-refractivity contribution in [3.05, 3.63) is 70.7 Å². The van der Waals surface area contributed by atoms with Crippen LogP contribution in [0.15, 0.2) is 54.6 Å². The molecule has 0 fully saturated rings. The molecule has 0 aliphatic heterocycles. The van der Waals surface area contributed by atoms with E-state index in [1.54, 1.807) is 12.1 Å². The average Bonchev–Trinajstić information content (AvgIpc) is 2.49. The summed E-state index contributed by atoms with van der Waals surface area (Å²) in [5, 5.41) is 3.68. The van der Waals surface area contributed by atoms with Gasteiger partial charge in [0.25, 0.3) is 5.91 Å². The molecule has 1 amide bonds. The van der Waals surface area contributed by atoms with Crippen molar-refractivity contribution >= 4 is 17.5 Å². The second-order valence-corrected chi connectivity index (χ2v) is 5.48. The molecule has 3 nitrogen and oxygen atoms in total. The summed E-state index contributed by atoms with van der Waals surface area (Å²) >= 11 is 6.26. The molecule has 21 heavy (non-hydrogen) atoms. The third kappa shape index (κ3) is 4.06. The monoisotopic (exact) mass is 302 g/mol. The number of likely N-dealkylation sites (N-methyl/N-ethyl adjacent to an activating group) is 1. The normalized spacial score (nSPS) is 12.2. The molecule has 0 bridgehead atoms. The first-order chi connectivity index (χ1) is 10.1. The summed E-state index contributed by atoms with van der Waals surface area (Å²) < 4.78 is 0. The van der Waals surface area contributed by atoms with Crippen LogP contribution in [0, 0.1) is 0 Å². The van der Waals surface area contributed by atoms with Gasteiger partial charge in [-0.2, -0.15) is 0 Å². The third-order valence-corrected chi connectivity index (χ3v) is 3.72. The second kappa shape index (κ2) is 7.25. The lowest BCUT2D eigenvalue weighted by atomic mass is 10.1. The highest BCUT2D eigenvalue weighted by Crippen LogP contribution is 2.25. The van der Waals surface area contributed by atoms with Gasteiger partial charge in [-0.15, -0.1) is 0 Å². The zero-order chi connectivity index (χ0) is 15.2. The van der Waals surface area contributed by atoms with Crippen molar-refractivity contribution in [2.24, 2.45) is 0 Å². The number of benzene rings is 2. The van der Waals surface area contributed by atoms with E-state index in [2.05, 4.69) is 5.32 Å². The fourth-order valence-electron chi connectivity index (χ4n) is 2.20. The van der Waals surface area contributed by atoms with Crippen molar-refractivity contribution in [1.82, 2.24) is 10.2 Å². The van der Waals surface area contributed by atoms with Crippen LogP contribution in [0.5, 0.6) is 0 Å². The topological polar surface area (TPSA) is 32.3 Å². The van der Waals surface area contributed by atoms with Gasteiger partial charge in [-0.1, -0.05) is 48.0 Å². The molecule has 0 aromatic heterocycles. The highest BCUT2D eigenvalue weighted by atomic mass is 35.5.